The van der Waals surface area contributed by atoms with Crippen LogP contribution in [0.15, 0.2) is 30.3 Å². The molecule has 0 radical (unpaired) electrons. The van der Waals surface area contributed by atoms with Gasteiger partial charge in [0.15, 0.2) is 0 Å². The predicted octanol–water partition coefficient (Wildman–Crippen LogP) is 3.47. The first-order valence-electron chi connectivity index (χ1n) is 12.4. The Kier molecular flexibility index (Phi) is 5.58. The molecule has 2 bridgehead atoms. The third-order valence-electron chi connectivity index (χ3n) is 8.70. The minimum atomic E-state index is 0.0271. The zero-order valence-electron chi connectivity index (χ0n) is 19.1. The van der Waals surface area contributed by atoms with Crippen LogP contribution < -0.4 is 0 Å². The Bertz CT molecular complexity index is 821. The van der Waals surface area contributed by atoms with Crippen LogP contribution in [-0.4, -0.2) is 70.3 Å². The van der Waals surface area contributed by atoms with E-state index in [4.69, 9.17) is 0 Å². The number of hydrogen-bond acceptors (Lipinski definition) is 3. The molecule has 2 amide bonds. The number of benzene rings is 1. The molecule has 1 aliphatic carbocycles. The highest BCUT2D eigenvalue weighted by Crippen LogP contribution is 2.56. The third-order valence-corrected chi connectivity index (χ3v) is 8.70. The first kappa shape index (κ1) is 21.0. The van der Waals surface area contributed by atoms with E-state index in [1.165, 1.54) is 24.8 Å². The summed E-state index contributed by atoms with van der Waals surface area (Å²) in [6.45, 7) is 6.72. The molecule has 31 heavy (non-hydrogen) atoms. The van der Waals surface area contributed by atoms with Gasteiger partial charge in [0.05, 0.1) is 18.6 Å². The van der Waals surface area contributed by atoms with Gasteiger partial charge in [-0.1, -0.05) is 43.7 Å². The van der Waals surface area contributed by atoms with Gasteiger partial charge in [-0.3, -0.25) is 14.5 Å². The Labute approximate surface area is 186 Å². The van der Waals surface area contributed by atoms with Crippen LogP contribution in [0.25, 0.3) is 0 Å². The van der Waals surface area contributed by atoms with E-state index >= 15 is 0 Å². The predicted molar refractivity (Wildman–Crippen MR) is 122 cm³/mol. The van der Waals surface area contributed by atoms with E-state index in [0.29, 0.717) is 12.5 Å². The molecule has 5 rings (SSSR count). The number of nitrogens with zero attached hydrogens (tertiary/aromatic N) is 3. The minimum Gasteiger partial charge on any atom is -0.334 e. The van der Waals surface area contributed by atoms with Crippen molar-refractivity contribution < 1.29 is 9.59 Å². The van der Waals surface area contributed by atoms with Crippen LogP contribution >= 0.6 is 0 Å². The van der Waals surface area contributed by atoms with Crippen molar-refractivity contribution in [1.29, 1.82) is 0 Å². The van der Waals surface area contributed by atoms with E-state index < -0.39 is 0 Å². The van der Waals surface area contributed by atoms with Gasteiger partial charge >= 0.3 is 0 Å². The van der Waals surface area contributed by atoms with Gasteiger partial charge in [-0.25, -0.2) is 0 Å². The number of hydrogen-bond donors (Lipinski definition) is 0. The summed E-state index contributed by atoms with van der Waals surface area (Å²) in [5.74, 6) is 0.470. The monoisotopic (exact) mass is 423 g/mol. The molecule has 0 spiro atoms. The average molecular weight is 424 g/mol. The second kappa shape index (κ2) is 8.23. The number of likely N-dealkylation sites (tertiary alicyclic amines) is 3. The maximum absolute atomic E-state index is 13.8. The van der Waals surface area contributed by atoms with E-state index in [9.17, 15) is 9.59 Å². The lowest BCUT2D eigenvalue weighted by atomic mass is 9.64. The van der Waals surface area contributed by atoms with Gasteiger partial charge < -0.3 is 9.80 Å². The SMILES string of the molecule is CC(=O)N1[C@@H](Cc2ccccc2)[C@@H]2C[C@@]3(C)[C@H](CCC[C@@H]13)N2C(=O)CN1CCCCC1. The number of carbonyl (C=O) groups excluding carboxylic acids is 2. The normalized spacial score (nSPS) is 35.3. The highest BCUT2D eigenvalue weighted by molar-refractivity contribution is 5.81. The zero-order valence-corrected chi connectivity index (χ0v) is 19.1. The van der Waals surface area contributed by atoms with Crippen LogP contribution in [0.4, 0.5) is 0 Å². The van der Waals surface area contributed by atoms with Crippen molar-refractivity contribution in [3.05, 3.63) is 35.9 Å². The Morgan fingerprint density at radius 3 is 2.32 bits per heavy atom. The molecular weight excluding hydrogens is 386 g/mol. The number of amides is 2. The minimum absolute atomic E-state index is 0.0271. The van der Waals surface area contributed by atoms with Crippen molar-refractivity contribution in [2.75, 3.05) is 19.6 Å². The van der Waals surface area contributed by atoms with Gasteiger partial charge in [0.2, 0.25) is 11.8 Å². The van der Waals surface area contributed by atoms with Crippen LogP contribution in [0.2, 0.25) is 0 Å². The second-order valence-corrected chi connectivity index (χ2v) is 10.6. The Morgan fingerprint density at radius 2 is 1.65 bits per heavy atom. The molecule has 5 atom stereocenters. The van der Waals surface area contributed by atoms with Crippen molar-refractivity contribution in [3.8, 4) is 0 Å². The molecule has 3 saturated heterocycles. The summed E-state index contributed by atoms with van der Waals surface area (Å²) in [5.41, 5.74) is 1.28. The first-order chi connectivity index (χ1) is 15.0. The quantitative estimate of drug-likeness (QED) is 0.745. The Morgan fingerprint density at radius 1 is 0.968 bits per heavy atom. The van der Waals surface area contributed by atoms with Crippen molar-refractivity contribution in [1.82, 2.24) is 14.7 Å². The van der Waals surface area contributed by atoms with Crippen molar-refractivity contribution in [2.24, 2.45) is 5.41 Å². The summed E-state index contributed by atoms with van der Waals surface area (Å²) in [5, 5.41) is 0. The van der Waals surface area contributed by atoms with Crippen molar-refractivity contribution >= 4 is 11.8 Å². The summed E-state index contributed by atoms with van der Waals surface area (Å²) in [6.07, 6.45) is 8.81. The molecule has 1 aromatic rings. The molecule has 3 heterocycles. The van der Waals surface area contributed by atoms with E-state index in [1.54, 1.807) is 6.92 Å². The molecule has 4 aliphatic rings. The lowest BCUT2D eigenvalue weighted by molar-refractivity contribution is -0.143. The van der Waals surface area contributed by atoms with Gasteiger partial charge in [-0.2, -0.15) is 0 Å². The van der Waals surface area contributed by atoms with Crippen LogP contribution in [0.3, 0.4) is 0 Å². The number of piperidine rings is 2. The lowest BCUT2D eigenvalue weighted by Gasteiger charge is -2.52. The second-order valence-electron chi connectivity index (χ2n) is 10.6. The first-order valence-corrected chi connectivity index (χ1v) is 12.4. The maximum atomic E-state index is 13.8. The molecular formula is C26H37N3O2. The smallest absolute Gasteiger partial charge is 0.237 e. The molecule has 0 aromatic heterocycles. The highest BCUT2D eigenvalue weighted by atomic mass is 16.2. The van der Waals surface area contributed by atoms with Crippen molar-refractivity contribution in [2.45, 2.75) is 89.4 Å². The lowest BCUT2D eigenvalue weighted by Crippen LogP contribution is -2.62. The number of rotatable bonds is 4. The molecule has 5 nitrogen and oxygen atoms in total. The molecule has 0 unspecified atom stereocenters. The molecule has 3 aliphatic heterocycles. The maximum Gasteiger partial charge on any atom is 0.237 e. The fourth-order valence-electron chi connectivity index (χ4n) is 7.38. The van der Waals surface area contributed by atoms with Gasteiger partial charge in [-0.15, -0.1) is 0 Å². The third kappa shape index (κ3) is 3.59. The van der Waals surface area contributed by atoms with Crippen LogP contribution in [-0.2, 0) is 16.0 Å². The number of carbonyl (C=O) groups is 2. The standard InChI is InChI=1S/C26H37N3O2/c1-19(30)28-21(16-20-10-5-3-6-11-20)22-17-26(2)23(28)12-9-13-24(26)29(22)25(31)18-27-14-7-4-8-15-27/h3,5-6,10-11,21-24H,4,7-9,12-18H2,1-2H3/t21-,22-,23+,24-,26+/m0/s1. The molecule has 1 saturated carbocycles. The summed E-state index contributed by atoms with van der Waals surface area (Å²) in [7, 11) is 0. The van der Waals surface area contributed by atoms with Gasteiger partial charge in [0, 0.05) is 24.4 Å². The van der Waals surface area contributed by atoms with Crippen LogP contribution in [0, 0.1) is 5.41 Å². The number of fused-ring (bicyclic) bond motifs is 1. The van der Waals surface area contributed by atoms with Crippen molar-refractivity contribution in [3.63, 3.8) is 0 Å². The molecule has 4 fully saturated rings. The zero-order chi connectivity index (χ0) is 21.6. The highest BCUT2D eigenvalue weighted by Gasteiger charge is 2.64. The summed E-state index contributed by atoms with van der Waals surface area (Å²) >= 11 is 0. The molecule has 168 valence electrons. The fraction of sp³-hybridized carbons (Fsp3) is 0.692. The van der Waals surface area contributed by atoms with E-state index in [1.807, 2.05) is 6.07 Å². The summed E-state index contributed by atoms with van der Waals surface area (Å²) < 4.78 is 0. The van der Waals surface area contributed by atoms with E-state index in [2.05, 4.69) is 45.9 Å². The van der Waals surface area contributed by atoms with E-state index in [-0.39, 0.29) is 35.5 Å². The summed E-state index contributed by atoms with van der Waals surface area (Å²) in [4.78, 5) is 33.5. The van der Waals surface area contributed by atoms with Gasteiger partial charge in [0.1, 0.15) is 0 Å². The fourth-order valence-corrected chi connectivity index (χ4v) is 7.38. The van der Waals surface area contributed by atoms with Gasteiger partial charge in [0.25, 0.3) is 0 Å². The Balaban J connectivity index is 1.48. The van der Waals surface area contributed by atoms with E-state index in [0.717, 1.165) is 45.2 Å². The topological polar surface area (TPSA) is 43.9 Å². The van der Waals surface area contributed by atoms with Crippen LogP contribution in [0.5, 0.6) is 0 Å². The molecule has 5 heteroatoms. The molecule has 0 N–H and O–H groups in total. The average Bonchev–Trinajstić information content (AvgIpc) is 3.07. The largest absolute Gasteiger partial charge is 0.334 e. The van der Waals surface area contributed by atoms with Crippen LogP contribution in [0.1, 0.15) is 64.4 Å². The Hall–Kier alpha value is -1.88. The van der Waals surface area contributed by atoms with Gasteiger partial charge in [-0.05, 0) is 63.6 Å². The summed E-state index contributed by atoms with van der Waals surface area (Å²) in [6, 6.07) is 11.2. The molecule has 1 aromatic carbocycles.